The van der Waals surface area contributed by atoms with E-state index in [1.54, 1.807) is 39.8 Å². The Morgan fingerprint density at radius 1 is 1.25 bits per heavy atom. The lowest BCUT2D eigenvalue weighted by Gasteiger charge is -2.20. The maximum Gasteiger partial charge on any atom is 0.243 e. The number of anilines is 1. The van der Waals surface area contributed by atoms with E-state index in [4.69, 9.17) is 0 Å². The van der Waals surface area contributed by atoms with Crippen LogP contribution in [0.3, 0.4) is 0 Å². The minimum Gasteiger partial charge on any atom is -0.325 e. The second-order valence-corrected chi connectivity index (χ2v) is 9.62. The third kappa shape index (κ3) is 4.73. The molecule has 0 radical (unpaired) electrons. The molecule has 1 aromatic carbocycles. The summed E-state index contributed by atoms with van der Waals surface area (Å²) in [7, 11) is -1.77. The number of nitrogens with one attached hydrogen (secondary N) is 1. The van der Waals surface area contributed by atoms with Crippen LogP contribution in [-0.2, 0) is 21.9 Å². The van der Waals surface area contributed by atoms with Crippen LogP contribution < -0.4 is 5.32 Å². The van der Waals surface area contributed by atoms with Crippen molar-refractivity contribution in [2.75, 3.05) is 18.4 Å². The molecule has 0 aliphatic carbocycles. The van der Waals surface area contributed by atoms with Crippen molar-refractivity contribution in [1.82, 2.24) is 19.1 Å². The van der Waals surface area contributed by atoms with E-state index in [0.29, 0.717) is 29.5 Å². The van der Waals surface area contributed by atoms with Crippen molar-refractivity contribution < 1.29 is 13.2 Å². The molecule has 2 rings (SSSR count). The smallest absolute Gasteiger partial charge is 0.243 e. The van der Waals surface area contributed by atoms with Gasteiger partial charge >= 0.3 is 0 Å². The Morgan fingerprint density at radius 3 is 2.43 bits per heavy atom. The molecule has 1 aromatic heterocycles. The predicted molar refractivity (Wildman–Crippen MR) is 111 cm³/mol. The van der Waals surface area contributed by atoms with E-state index in [2.05, 4.69) is 15.5 Å². The maximum absolute atomic E-state index is 12.9. The minimum absolute atomic E-state index is 0.207. The third-order valence-corrected chi connectivity index (χ3v) is 7.81. The zero-order valence-corrected chi connectivity index (χ0v) is 18.7. The summed E-state index contributed by atoms with van der Waals surface area (Å²) in [6.45, 7) is 9.73. The molecule has 2 aromatic rings. The molecule has 10 heteroatoms. The number of carbonyl (C=O) groups is 1. The molecule has 0 unspecified atom stereocenters. The standard InChI is InChI=1S/C18H27N5O3S2/c1-7-23(8-2)28(25,26)16-11-15(10-9-12(16)3)19-17(24)13(4)27-18-21-20-14(5)22(18)6/h9-11,13H,7-8H2,1-6H3,(H,19,24)/t13-/m0/s1. The average Bonchev–Trinajstić information content (AvgIpc) is 2.95. The molecular weight excluding hydrogens is 398 g/mol. The highest BCUT2D eigenvalue weighted by molar-refractivity contribution is 8.00. The summed E-state index contributed by atoms with van der Waals surface area (Å²) in [5.41, 5.74) is 1.09. The molecule has 0 spiro atoms. The molecule has 0 aliphatic rings. The van der Waals surface area contributed by atoms with Gasteiger partial charge in [-0.05, 0) is 38.5 Å². The monoisotopic (exact) mass is 425 g/mol. The molecule has 1 atom stereocenters. The molecule has 0 saturated heterocycles. The fourth-order valence-electron chi connectivity index (χ4n) is 2.60. The maximum atomic E-state index is 12.9. The molecule has 0 saturated carbocycles. The number of carbonyl (C=O) groups excluding carboxylic acids is 1. The van der Waals surface area contributed by atoms with Crippen molar-refractivity contribution in [3.63, 3.8) is 0 Å². The van der Waals surface area contributed by atoms with E-state index < -0.39 is 15.3 Å². The Bertz CT molecular complexity index is 952. The molecule has 1 amide bonds. The third-order valence-electron chi connectivity index (χ3n) is 4.48. The quantitative estimate of drug-likeness (QED) is 0.653. The number of thioether (sulfide) groups is 1. The normalized spacial score (nSPS) is 13.0. The highest BCUT2D eigenvalue weighted by Gasteiger charge is 2.25. The fourth-order valence-corrected chi connectivity index (χ4v) is 5.17. The molecule has 8 nitrogen and oxygen atoms in total. The summed E-state index contributed by atoms with van der Waals surface area (Å²) >= 11 is 1.29. The summed E-state index contributed by atoms with van der Waals surface area (Å²) < 4.78 is 28.9. The average molecular weight is 426 g/mol. The fraction of sp³-hybridized carbons (Fsp3) is 0.500. The highest BCUT2D eigenvalue weighted by Crippen LogP contribution is 2.26. The first-order valence-corrected chi connectivity index (χ1v) is 11.4. The number of nitrogens with zero attached hydrogens (tertiary/aromatic N) is 4. The second kappa shape index (κ2) is 9.06. The van der Waals surface area contributed by atoms with Gasteiger partial charge in [-0.1, -0.05) is 31.7 Å². The van der Waals surface area contributed by atoms with E-state index in [9.17, 15) is 13.2 Å². The van der Waals surface area contributed by atoms with E-state index in [1.165, 1.54) is 22.1 Å². The van der Waals surface area contributed by atoms with Gasteiger partial charge in [-0.15, -0.1) is 10.2 Å². The van der Waals surface area contributed by atoms with Crippen LogP contribution in [0, 0.1) is 13.8 Å². The summed E-state index contributed by atoms with van der Waals surface area (Å²) in [5, 5.41) is 11.1. The van der Waals surface area contributed by atoms with Gasteiger partial charge in [0, 0.05) is 25.8 Å². The Hall–Kier alpha value is -1.91. The first-order valence-electron chi connectivity index (χ1n) is 9.06. The van der Waals surface area contributed by atoms with Gasteiger partial charge in [0.1, 0.15) is 5.82 Å². The lowest BCUT2D eigenvalue weighted by atomic mass is 10.2. The first kappa shape index (κ1) is 22.4. The zero-order valence-electron chi connectivity index (χ0n) is 17.1. The number of rotatable bonds is 8. The Labute approximate surface area is 170 Å². The van der Waals surface area contributed by atoms with Gasteiger partial charge in [0.25, 0.3) is 0 Å². The number of hydrogen-bond donors (Lipinski definition) is 1. The van der Waals surface area contributed by atoms with Crippen LogP contribution in [0.25, 0.3) is 0 Å². The second-order valence-electron chi connectivity index (χ2n) is 6.41. The van der Waals surface area contributed by atoms with Crippen molar-refractivity contribution in [3.8, 4) is 0 Å². The van der Waals surface area contributed by atoms with Crippen molar-refractivity contribution in [2.24, 2.45) is 7.05 Å². The minimum atomic E-state index is -3.61. The van der Waals surface area contributed by atoms with Crippen molar-refractivity contribution in [3.05, 3.63) is 29.6 Å². The number of hydrogen-bond acceptors (Lipinski definition) is 6. The number of aromatic nitrogens is 3. The van der Waals surface area contributed by atoms with E-state index in [1.807, 2.05) is 18.5 Å². The van der Waals surface area contributed by atoms with E-state index in [0.717, 1.165) is 5.82 Å². The number of aryl methyl sites for hydroxylation is 2. The summed E-state index contributed by atoms with van der Waals surface area (Å²) in [6.07, 6.45) is 0. The molecule has 28 heavy (non-hydrogen) atoms. The largest absolute Gasteiger partial charge is 0.325 e. The molecule has 1 N–H and O–H groups in total. The molecule has 154 valence electrons. The number of benzene rings is 1. The Morgan fingerprint density at radius 2 is 1.89 bits per heavy atom. The molecule has 1 heterocycles. The summed E-state index contributed by atoms with van der Waals surface area (Å²) in [5.74, 6) is 0.528. The van der Waals surface area contributed by atoms with Crippen molar-refractivity contribution >= 4 is 33.4 Å². The van der Waals surface area contributed by atoms with Gasteiger partial charge in [-0.25, -0.2) is 8.42 Å². The SMILES string of the molecule is CCN(CC)S(=O)(=O)c1cc(NC(=O)[C@H](C)Sc2nnc(C)n2C)ccc1C. The van der Waals surface area contributed by atoms with Crippen LogP contribution in [-0.4, -0.2) is 51.7 Å². The van der Waals surface area contributed by atoms with Crippen molar-refractivity contribution in [2.45, 2.75) is 49.9 Å². The van der Waals surface area contributed by atoms with Crippen LogP contribution in [0.5, 0.6) is 0 Å². The summed E-state index contributed by atoms with van der Waals surface area (Å²) in [6, 6.07) is 4.93. The van der Waals surface area contributed by atoms with Crippen LogP contribution in [0.1, 0.15) is 32.2 Å². The summed E-state index contributed by atoms with van der Waals surface area (Å²) in [4.78, 5) is 12.8. The van der Waals surface area contributed by atoms with Gasteiger partial charge in [0.2, 0.25) is 15.9 Å². The first-order chi connectivity index (χ1) is 13.1. The van der Waals surface area contributed by atoms with E-state index in [-0.39, 0.29) is 10.8 Å². The van der Waals surface area contributed by atoms with Crippen LogP contribution in [0.15, 0.2) is 28.3 Å². The zero-order chi connectivity index (χ0) is 21.1. The van der Waals surface area contributed by atoms with Crippen LogP contribution >= 0.6 is 11.8 Å². The van der Waals surface area contributed by atoms with E-state index >= 15 is 0 Å². The molecule has 0 bridgehead atoms. The van der Waals surface area contributed by atoms with Crippen LogP contribution in [0.4, 0.5) is 5.69 Å². The van der Waals surface area contributed by atoms with Gasteiger partial charge in [0.15, 0.2) is 5.16 Å². The van der Waals surface area contributed by atoms with Gasteiger partial charge in [0.05, 0.1) is 10.1 Å². The van der Waals surface area contributed by atoms with Crippen LogP contribution in [0.2, 0.25) is 0 Å². The predicted octanol–water partition coefficient (Wildman–Crippen LogP) is 2.58. The molecule has 0 aliphatic heterocycles. The molecular formula is C18H27N5O3S2. The lowest BCUT2D eigenvalue weighted by Crippen LogP contribution is -2.31. The van der Waals surface area contributed by atoms with Crippen molar-refractivity contribution in [1.29, 1.82) is 0 Å². The number of sulfonamides is 1. The Kier molecular flexibility index (Phi) is 7.24. The van der Waals surface area contributed by atoms with Gasteiger partial charge in [-0.3, -0.25) is 4.79 Å². The number of amides is 1. The highest BCUT2D eigenvalue weighted by atomic mass is 32.2. The van der Waals surface area contributed by atoms with Gasteiger partial charge in [-0.2, -0.15) is 4.31 Å². The topological polar surface area (TPSA) is 97.2 Å². The Balaban J connectivity index is 2.20. The molecule has 0 fully saturated rings. The van der Waals surface area contributed by atoms with Gasteiger partial charge < -0.3 is 9.88 Å². The lowest BCUT2D eigenvalue weighted by molar-refractivity contribution is -0.115.